The molecule has 0 N–H and O–H groups in total. The topological polar surface area (TPSA) is 35.8 Å². The molecule has 4 nitrogen and oxygen atoms in total. The Kier molecular flexibility index (Phi) is 5.27. The monoisotopic (exact) mass is 346 g/mol. The van der Waals surface area contributed by atoms with Crippen molar-refractivity contribution in [3.63, 3.8) is 0 Å². The smallest absolute Gasteiger partial charge is 0.190 e. The first-order chi connectivity index (χ1) is 11.3. The molecule has 0 saturated carbocycles. The van der Waals surface area contributed by atoms with Crippen LogP contribution in [0.15, 0.2) is 52.2 Å². The Morgan fingerprint density at radius 1 is 1.09 bits per heavy atom. The summed E-state index contributed by atoms with van der Waals surface area (Å²) in [7, 11) is 3.38. The molecule has 0 spiro atoms. The predicted octanol–water partition coefficient (Wildman–Crippen LogP) is 4.17. The Hall–Kier alpha value is -1.89. The van der Waals surface area contributed by atoms with E-state index in [-0.39, 0.29) is 0 Å². The molecule has 3 rings (SSSR count). The lowest BCUT2D eigenvalue weighted by Gasteiger charge is -2.07. The van der Waals surface area contributed by atoms with Crippen molar-refractivity contribution in [2.24, 2.45) is 4.99 Å². The van der Waals surface area contributed by atoms with Gasteiger partial charge in [-0.1, -0.05) is 6.07 Å². The van der Waals surface area contributed by atoms with Crippen molar-refractivity contribution >= 4 is 28.4 Å². The van der Waals surface area contributed by atoms with Gasteiger partial charge in [-0.3, -0.25) is 0 Å². The van der Waals surface area contributed by atoms with Crippen molar-refractivity contribution < 1.29 is 9.47 Å². The minimum absolute atomic E-state index is 0.658. The molecule has 0 bridgehead atoms. The van der Waals surface area contributed by atoms with E-state index in [1.54, 1.807) is 36.9 Å². The lowest BCUT2D eigenvalue weighted by atomic mass is 10.3. The number of hydrogen-bond acceptors (Lipinski definition) is 5. The highest BCUT2D eigenvalue weighted by Crippen LogP contribution is 2.25. The number of benzene rings is 1. The van der Waals surface area contributed by atoms with Crippen LogP contribution in [-0.2, 0) is 11.3 Å². The molecule has 3 aromatic rings. The maximum Gasteiger partial charge on any atom is 0.190 e. The summed E-state index contributed by atoms with van der Waals surface area (Å²) < 4.78 is 12.7. The zero-order valence-corrected chi connectivity index (χ0v) is 14.7. The summed E-state index contributed by atoms with van der Waals surface area (Å²) in [6, 6.07) is 12.0. The van der Waals surface area contributed by atoms with Crippen LogP contribution < -0.4 is 9.54 Å². The van der Waals surface area contributed by atoms with Gasteiger partial charge in [0.05, 0.1) is 30.0 Å². The summed E-state index contributed by atoms with van der Waals surface area (Å²) in [5.41, 5.74) is 2.10. The van der Waals surface area contributed by atoms with E-state index in [2.05, 4.69) is 27.5 Å². The number of hydrogen-bond donors (Lipinski definition) is 0. The quantitative estimate of drug-likeness (QED) is 0.672. The summed E-state index contributed by atoms with van der Waals surface area (Å²) in [4.78, 5) is 6.99. The Morgan fingerprint density at radius 2 is 1.91 bits per heavy atom. The van der Waals surface area contributed by atoms with Crippen molar-refractivity contribution in [1.29, 1.82) is 0 Å². The summed E-state index contributed by atoms with van der Waals surface area (Å²) in [6.45, 7) is 1.44. The third kappa shape index (κ3) is 3.72. The number of thiophene rings is 1. The normalized spacial score (nSPS) is 11.8. The molecule has 0 radical (unpaired) electrons. The van der Waals surface area contributed by atoms with Crippen LogP contribution in [0, 0.1) is 0 Å². The second-order valence-corrected chi connectivity index (χ2v) is 6.62. The minimum Gasteiger partial charge on any atom is -0.497 e. The summed E-state index contributed by atoms with van der Waals surface area (Å²) in [5.74, 6) is 0.835. The Bertz CT molecular complexity index is 802. The molecular weight excluding hydrogens is 328 g/mol. The van der Waals surface area contributed by atoms with Gasteiger partial charge in [0.15, 0.2) is 4.80 Å². The van der Waals surface area contributed by atoms with E-state index in [0.717, 1.165) is 22.8 Å². The van der Waals surface area contributed by atoms with Crippen LogP contribution in [0.4, 0.5) is 5.69 Å². The molecule has 0 saturated heterocycles. The van der Waals surface area contributed by atoms with Gasteiger partial charge in [-0.2, -0.15) is 0 Å². The van der Waals surface area contributed by atoms with Gasteiger partial charge < -0.3 is 14.0 Å². The van der Waals surface area contributed by atoms with E-state index in [0.29, 0.717) is 6.61 Å². The molecular formula is C17H18N2O2S2. The first kappa shape index (κ1) is 16.0. The van der Waals surface area contributed by atoms with Gasteiger partial charge in [0.1, 0.15) is 5.75 Å². The van der Waals surface area contributed by atoms with Crippen LogP contribution in [0.1, 0.15) is 0 Å². The van der Waals surface area contributed by atoms with Gasteiger partial charge in [0.25, 0.3) is 0 Å². The van der Waals surface area contributed by atoms with Crippen molar-refractivity contribution in [2.45, 2.75) is 6.54 Å². The predicted molar refractivity (Wildman–Crippen MR) is 95.7 cm³/mol. The second kappa shape index (κ2) is 7.59. The molecule has 2 heterocycles. The van der Waals surface area contributed by atoms with Gasteiger partial charge in [-0.05, 0) is 35.7 Å². The van der Waals surface area contributed by atoms with Gasteiger partial charge in [-0.15, -0.1) is 22.7 Å². The van der Waals surface area contributed by atoms with E-state index in [1.165, 1.54) is 10.6 Å². The minimum atomic E-state index is 0.658. The van der Waals surface area contributed by atoms with Crippen molar-refractivity contribution in [3.05, 3.63) is 52.0 Å². The highest BCUT2D eigenvalue weighted by atomic mass is 32.1. The standard InChI is InChI=1S/C17H18N2O2S2/c1-20-10-9-19-15(16-4-3-11-22-16)12-23-17(19)18-13-5-7-14(21-2)8-6-13/h3-8,11-12H,9-10H2,1-2H3. The van der Waals surface area contributed by atoms with E-state index < -0.39 is 0 Å². The van der Waals surface area contributed by atoms with Gasteiger partial charge in [0, 0.05) is 19.0 Å². The molecule has 0 fully saturated rings. The van der Waals surface area contributed by atoms with E-state index in [4.69, 9.17) is 14.5 Å². The van der Waals surface area contributed by atoms with Crippen LogP contribution in [0.3, 0.4) is 0 Å². The maximum atomic E-state index is 5.25. The molecule has 2 aromatic heterocycles. The molecule has 120 valence electrons. The molecule has 23 heavy (non-hydrogen) atoms. The van der Waals surface area contributed by atoms with Crippen molar-refractivity contribution in [3.8, 4) is 16.3 Å². The third-order valence-electron chi connectivity index (χ3n) is 3.39. The fourth-order valence-corrected chi connectivity index (χ4v) is 3.98. The second-order valence-electron chi connectivity index (χ2n) is 4.84. The molecule has 0 atom stereocenters. The Balaban J connectivity index is 2.01. The molecule has 6 heteroatoms. The van der Waals surface area contributed by atoms with Crippen LogP contribution in [-0.4, -0.2) is 25.4 Å². The number of nitrogens with zero attached hydrogens (tertiary/aromatic N) is 2. The summed E-state index contributed by atoms with van der Waals surface area (Å²) >= 11 is 3.38. The number of methoxy groups -OCH3 is 2. The molecule has 0 unspecified atom stereocenters. The van der Waals surface area contributed by atoms with Gasteiger partial charge >= 0.3 is 0 Å². The number of rotatable bonds is 6. The average molecular weight is 346 g/mol. The van der Waals surface area contributed by atoms with Gasteiger partial charge in [-0.25, -0.2) is 4.99 Å². The fraction of sp³-hybridized carbons (Fsp3) is 0.235. The SMILES string of the molecule is COCCn1c(-c2cccs2)csc1=Nc1ccc(OC)cc1. The largest absolute Gasteiger partial charge is 0.497 e. The first-order valence-electron chi connectivity index (χ1n) is 7.21. The average Bonchev–Trinajstić information content (AvgIpc) is 3.23. The first-order valence-corrected chi connectivity index (χ1v) is 8.97. The highest BCUT2D eigenvalue weighted by molar-refractivity contribution is 7.14. The lowest BCUT2D eigenvalue weighted by molar-refractivity contribution is 0.187. The van der Waals surface area contributed by atoms with Crippen molar-refractivity contribution in [1.82, 2.24) is 4.57 Å². The molecule has 0 aliphatic rings. The lowest BCUT2D eigenvalue weighted by Crippen LogP contribution is -2.18. The van der Waals surface area contributed by atoms with E-state index >= 15 is 0 Å². The Labute approximate surface area is 143 Å². The molecule has 0 amide bonds. The molecule has 1 aromatic carbocycles. The van der Waals surface area contributed by atoms with Gasteiger partial charge in [0.2, 0.25) is 0 Å². The summed E-state index contributed by atoms with van der Waals surface area (Å²) in [5, 5.41) is 4.25. The number of aromatic nitrogens is 1. The van der Waals surface area contributed by atoms with Crippen molar-refractivity contribution in [2.75, 3.05) is 20.8 Å². The van der Waals surface area contributed by atoms with Crippen LogP contribution in [0.5, 0.6) is 5.75 Å². The highest BCUT2D eigenvalue weighted by Gasteiger charge is 2.08. The fourth-order valence-electron chi connectivity index (χ4n) is 2.21. The van der Waals surface area contributed by atoms with Crippen LogP contribution in [0.25, 0.3) is 10.6 Å². The molecule has 0 aliphatic heterocycles. The van der Waals surface area contributed by atoms with Crippen LogP contribution in [0.2, 0.25) is 0 Å². The van der Waals surface area contributed by atoms with E-state index in [9.17, 15) is 0 Å². The number of ether oxygens (including phenoxy) is 2. The van der Waals surface area contributed by atoms with E-state index in [1.807, 2.05) is 24.3 Å². The molecule has 0 aliphatic carbocycles. The Morgan fingerprint density at radius 3 is 2.57 bits per heavy atom. The zero-order chi connectivity index (χ0) is 16.1. The number of thiazole rings is 1. The third-order valence-corrected chi connectivity index (χ3v) is 5.14. The van der Waals surface area contributed by atoms with Crippen LogP contribution >= 0.6 is 22.7 Å². The summed E-state index contributed by atoms with van der Waals surface area (Å²) in [6.07, 6.45) is 0. The zero-order valence-electron chi connectivity index (χ0n) is 13.1. The maximum absolute atomic E-state index is 5.25.